The van der Waals surface area contributed by atoms with E-state index in [4.69, 9.17) is 16.6 Å². The number of rotatable bonds is 3. The number of aromatic nitrogens is 5. The Morgan fingerprint density at radius 1 is 1.17 bits per heavy atom. The number of hydrogen-bond donors (Lipinski definition) is 2. The van der Waals surface area contributed by atoms with Crippen molar-refractivity contribution >= 4 is 45.3 Å². The number of H-pyrrole nitrogens is 1. The molecule has 0 aliphatic heterocycles. The quantitative estimate of drug-likeness (QED) is 0.467. The molecule has 0 radical (unpaired) electrons. The van der Waals surface area contributed by atoms with Gasteiger partial charge in [-0.2, -0.15) is 5.10 Å². The molecule has 0 bridgehead atoms. The van der Waals surface area contributed by atoms with Crippen molar-refractivity contribution in [3.63, 3.8) is 0 Å². The molecular weight excluding hydrogens is 388 g/mol. The van der Waals surface area contributed by atoms with Gasteiger partial charge in [-0.1, -0.05) is 29.8 Å². The Balaban J connectivity index is 1.59. The number of carbonyl (C=O) groups is 1. The van der Waals surface area contributed by atoms with Crippen molar-refractivity contribution in [1.29, 1.82) is 0 Å². The van der Waals surface area contributed by atoms with Crippen LogP contribution in [0.1, 0.15) is 10.4 Å². The zero-order valence-corrected chi connectivity index (χ0v) is 16.1. The third-order valence-electron chi connectivity index (χ3n) is 4.71. The Kier molecular flexibility index (Phi) is 4.03. The minimum absolute atomic E-state index is 0.258. The maximum atomic E-state index is 12.8. The maximum Gasteiger partial charge on any atom is 0.259 e. The predicted octanol–water partition coefficient (Wildman–Crippen LogP) is 4.42. The van der Waals surface area contributed by atoms with Crippen LogP contribution in [-0.4, -0.2) is 30.6 Å². The molecule has 0 saturated carbocycles. The summed E-state index contributed by atoms with van der Waals surface area (Å²) < 4.78 is 1.75. The molecule has 2 N–H and O–H groups in total. The fraction of sp³-hybridized carbons (Fsp3) is 0.0476. The molecule has 29 heavy (non-hydrogen) atoms. The first-order valence-corrected chi connectivity index (χ1v) is 9.31. The van der Waals surface area contributed by atoms with E-state index in [9.17, 15) is 4.79 Å². The van der Waals surface area contributed by atoms with Gasteiger partial charge >= 0.3 is 0 Å². The molecule has 142 valence electrons. The normalized spacial score (nSPS) is 11.2. The van der Waals surface area contributed by atoms with Crippen LogP contribution in [0.2, 0.25) is 5.02 Å². The van der Waals surface area contributed by atoms with Crippen LogP contribution in [-0.2, 0) is 7.05 Å². The first-order chi connectivity index (χ1) is 14.1. The van der Waals surface area contributed by atoms with Crippen LogP contribution in [0.3, 0.4) is 0 Å². The molecule has 0 fully saturated rings. The largest absolute Gasteiger partial charge is 0.344 e. The lowest BCUT2D eigenvalue weighted by Gasteiger charge is -2.04. The lowest BCUT2D eigenvalue weighted by molar-refractivity contribution is 0.102. The van der Waals surface area contributed by atoms with E-state index >= 15 is 0 Å². The SMILES string of the molecule is Cn1nc(-c2cnc3[nH]cc(C(=O)Nc4ccccc4)c3n2)c2ccc(Cl)cc21. The lowest BCUT2D eigenvalue weighted by atomic mass is 10.1. The minimum atomic E-state index is -0.258. The summed E-state index contributed by atoms with van der Waals surface area (Å²) in [5.74, 6) is -0.258. The summed E-state index contributed by atoms with van der Waals surface area (Å²) in [7, 11) is 1.85. The summed E-state index contributed by atoms with van der Waals surface area (Å²) in [6.45, 7) is 0. The van der Waals surface area contributed by atoms with Gasteiger partial charge < -0.3 is 10.3 Å². The van der Waals surface area contributed by atoms with Crippen LogP contribution in [0.5, 0.6) is 0 Å². The van der Waals surface area contributed by atoms with Crippen molar-refractivity contribution in [3.05, 3.63) is 71.5 Å². The molecule has 0 unspecified atom stereocenters. The van der Waals surface area contributed by atoms with Crippen LogP contribution in [0.4, 0.5) is 5.69 Å². The number of fused-ring (bicyclic) bond motifs is 2. The average molecular weight is 403 g/mol. The first kappa shape index (κ1) is 17.4. The maximum absolute atomic E-state index is 12.8. The molecule has 0 aliphatic carbocycles. The number of aryl methyl sites for hydroxylation is 1. The Bertz CT molecular complexity index is 1370. The number of halogens is 1. The Hall–Kier alpha value is -3.71. The Morgan fingerprint density at radius 3 is 2.83 bits per heavy atom. The average Bonchev–Trinajstić information content (AvgIpc) is 3.29. The number of anilines is 1. The summed E-state index contributed by atoms with van der Waals surface area (Å²) in [5, 5.41) is 9.01. The fourth-order valence-electron chi connectivity index (χ4n) is 3.32. The summed E-state index contributed by atoms with van der Waals surface area (Å²) in [5.41, 5.74) is 4.32. The predicted molar refractivity (Wildman–Crippen MR) is 113 cm³/mol. The van der Waals surface area contributed by atoms with E-state index in [1.165, 1.54) is 0 Å². The monoisotopic (exact) mass is 402 g/mol. The van der Waals surface area contributed by atoms with Gasteiger partial charge in [-0.05, 0) is 30.3 Å². The molecule has 5 aromatic rings. The third kappa shape index (κ3) is 3.01. The molecule has 2 aromatic carbocycles. The van der Waals surface area contributed by atoms with Gasteiger partial charge in [0, 0.05) is 29.3 Å². The smallest absolute Gasteiger partial charge is 0.259 e. The van der Waals surface area contributed by atoms with E-state index in [1.807, 2.05) is 55.6 Å². The van der Waals surface area contributed by atoms with E-state index in [2.05, 4.69) is 20.4 Å². The Labute approximate surface area is 170 Å². The summed E-state index contributed by atoms with van der Waals surface area (Å²) in [6, 6.07) is 14.9. The van der Waals surface area contributed by atoms with Gasteiger partial charge in [0.05, 0.1) is 17.3 Å². The molecule has 0 spiro atoms. The molecule has 5 rings (SSSR count). The minimum Gasteiger partial charge on any atom is -0.344 e. The van der Waals surface area contributed by atoms with Crippen LogP contribution >= 0.6 is 11.6 Å². The standard InChI is InChI=1S/C21H15ClN6O/c1-28-17-9-12(22)7-8-14(17)18(27-28)16-11-24-20-19(26-16)15(10-23-20)21(29)25-13-5-3-2-4-6-13/h2-11H,1H3,(H,23,24)(H,25,29). The van der Waals surface area contributed by atoms with Gasteiger partial charge in [-0.15, -0.1) is 0 Å². The lowest BCUT2D eigenvalue weighted by Crippen LogP contribution is -2.11. The van der Waals surface area contributed by atoms with E-state index in [-0.39, 0.29) is 5.91 Å². The topological polar surface area (TPSA) is 88.5 Å². The highest BCUT2D eigenvalue weighted by molar-refractivity contribution is 6.31. The van der Waals surface area contributed by atoms with Gasteiger partial charge in [-0.3, -0.25) is 9.48 Å². The van der Waals surface area contributed by atoms with Gasteiger partial charge in [0.15, 0.2) is 5.65 Å². The van der Waals surface area contributed by atoms with Crippen LogP contribution < -0.4 is 5.32 Å². The molecule has 0 atom stereocenters. The van der Waals surface area contributed by atoms with Gasteiger partial charge in [-0.25, -0.2) is 9.97 Å². The second-order valence-electron chi connectivity index (χ2n) is 6.61. The number of amides is 1. The second kappa shape index (κ2) is 6.72. The number of nitrogens with one attached hydrogen (secondary N) is 2. The van der Waals surface area contributed by atoms with Crippen molar-refractivity contribution in [2.75, 3.05) is 5.32 Å². The van der Waals surface area contributed by atoms with Crippen molar-refractivity contribution in [2.24, 2.45) is 7.05 Å². The van der Waals surface area contributed by atoms with Crippen LogP contribution in [0, 0.1) is 0 Å². The second-order valence-corrected chi connectivity index (χ2v) is 7.05. The molecule has 3 heterocycles. The van der Waals surface area contributed by atoms with E-state index < -0.39 is 0 Å². The molecular formula is C21H15ClN6O. The van der Waals surface area contributed by atoms with E-state index in [1.54, 1.807) is 17.1 Å². The van der Waals surface area contributed by atoms with Crippen molar-refractivity contribution < 1.29 is 4.79 Å². The number of carbonyl (C=O) groups excluding carboxylic acids is 1. The van der Waals surface area contributed by atoms with Gasteiger partial charge in [0.25, 0.3) is 5.91 Å². The van der Waals surface area contributed by atoms with E-state index in [0.717, 1.165) is 10.9 Å². The third-order valence-corrected chi connectivity index (χ3v) is 4.95. The number of para-hydroxylation sites is 1. The first-order valence-electron chi connectivity index (χ1n) is 8.93. The number of benzene rings is 2. The highest BCUT2D eigenvalue weighted by atomic mass is 35.5. The molecule has 0 saturated heterocycles. The molecule has 7 nitrogen and oxygen atoms in total. The summed E-state index contributed by atoms with van der Waals surface area (Å²) in [6.07, 6.45) is 3.26. The summed E-state index contributed by atoms with van der Waals surface area (Å²) >= 11 is 6.11. The number of nitrogens with zero attached hydrogens (tertiary/aromatic N) is 4. The van der Waals surface area contributed by atoms with Gasteiger partial charge in [0.1, 0.15) is 16.9 Å². The summed E-state index contributed by atoms with van der Waals surface area (Å²) in [4.78, 5) is 24.9. The number of aromatic amines is 1. The molecule has 1 amide bonds. The van der Waals surface area contributed by atoms with Gasteiger partial charge in [0.2, 0.25) is 0 Å². The fourth-order valence-corrected chi connectivity index (χ4v) is 3.48. The van der Waals surface area contributed by atoms with Crippen molar-refractivity contribution in [2.45, 2.75) is 0 Å². The molecule has 8 heteroatoms. The van der Waals surface area contributed by atoms with Crippen LogP contribution in [0.15, 0.2) is 60.9 Å². The molecule has 3 aromatic heterocycles. The van der Waals surface area contributed by atoms with Crippen LogP contribution in [0.25, 0.3) is 33.5 Å². The highest BCUT2D eigenvalue weighted by Gasteiger charge is 2.18. The molecule has 0 aliphatic rings. The van der Waals surface area contributed by atoms with Crippen molar-refractivity contribution in [1.82, 2.24) is 24.7 Å². The van der Waals surface area contributed by atoms with E-state index in [0.29, 0.717) is 38.8 Å². The van der Waals surface area contributed by atoms with Crippen molar-refractivity contribution in [3.8, 4) is 11.4 Å². The Morgan fingerprint density at radius 2 is 2.00 bits per heavy atom. The zero-order chi connectivity index (χ0) is 20.0. The zero-order valence-electron chi connectivity index (χ0n) is 15.3. The number of hydrogen-bond acceptors (Lipinski definition) is 4. The highest BCUT2D eigenvalue weighted by Crippen LogP contribution is 2.29.